The van der Waals surface area contributed by atoms with Crippen molar-refractivity contribution in [1.29, 1.82) is 0 Å². The number of imidazole rings is 1. The van der Waals surface area contributed by atoms with Crippen molar-refractivity contribution in [2.24, 2.45) is 0 Å². The molecule has 0 bridgehead atoms. The lowest BCUT2D eigenvalue weighted by Gasteiger charge is -2.13. The van der Waals surface area contributed by atoms with Crippen LogP contribution in [0.5, 0.6) is 0 Å². The van der Waals surface area contributed by atoms with Crippen LogP contribution in [0.25, 0.3) is 16.7 Å². The molecular weight excluding hydrogens is 270 g/mol. The fourth-order valence-electron chi connectivity index (χ4n) is 2.62. The zero-order chi connectivity index (χ0) is 14.8. The predicted octanol–water partition coefficient (Wildman–Crippen LogP) is 4.77. The highest BCUT2D eigenvalue weighted by atomic mass is 15.1. The van der Waals surface area contributed by atoms with Gasteiger partial charge in [-0.3, -0.25) is 4.57 Å². The number of hydrogen-bond acceptors (Lipinski definition) is 2. The van der Waals surface area contributed by atoms with E-state index in [9.17, 15) is 0 Å². The molecule has 3 aromatic carbocycles. The van der Waals surface area contributed by atoms with E-state index in [4.69, 9.17) is 0 Å². The van der Waals surface area contributed by atoms with E-state index in [0.717, 1.165) is 28.1 Å². The van der Waals surface area contributed by atoms with Crippen molar-refractivity contribution >= 4 is 22.4 Å². The highest BCUT2D eigenvalue weighted by Gasteiger charge is 2.08. The molecule has 0 aliphatic rings. The number of benzene rings is 3. The molecule has 0 saturated carbocycles. The van der Waals surface area contributed by atoms with Crippen LogP contribution in [0.4, 0.5) is 11.4 Å². The molecule has 0 aliphatic heterocycles. The van der Waals surface area contributed by atoms with Crippen molar-refractivity contribution in [3.8, 4) is 5.69 Å². The molecule has 4 rings (SSSR count). The van der Waals surface area contributed by atoms with Gasteiger partial charge in [0, 0.05) is 5.69 Å². The van der Waals surface area contributed by atoms with Crippen molar-refractivity contribution in [3.05, 3.63) is 85.2 Å². The lowest BCUT2D eigenvalue weighted by atomic mass is 10.2. The Balaban J connectivity index is 1.82. The SMILES string of the molecule is c1ccc(Nc2ccccc2-n2cnc3ccccc32)cc1. The molecule has 0 aliphatic carbocycles. The number of anilines is 2. The topological polar surface area (TPSA) is 29.9 Å². The maximum Gasteiger partial charge on any atom is 0.100 e. The third kappa shape index (κ3) is 2.23. The number of rotatable bonds is 3. The zero-order valence-corrected chi connectivity index (χ0v) is 12.0. The highest BCUT2D eigenvalue weighted by molar-refractivity contribution is 5.80. The van der Waals surface area contributed by atoms with Crippen LogP contribution in [0.3, 0.4) is 0 Å². The average molecular weight is 285 g/mol. The Bertz CT molecular complexity index is 910. The molecule has 3 heteroatoms. The van der Waals surface area contributed by atoms with Crippen LogP contribution in [0.1, 0.15) is 0 Å². The van der Waals surface area contributed by atoms with E-state index in [1.165, 1.54) is 0 Å². The molecule has 1 heterocycles. The molecule has 0 saturated heterocycles. The fourth-order valence-corrected chi connectivity index (χ4v) is 2.62. The van der Waals surface area contributed by atoms with Crippen LogP contribution in [0.15, 0.2) is 85.2 Å². The Morgan fingerprint density at radius 2 is 1.45 bits per heavy atom. The Kier molecular flexibility index (Phi) is 3.09. The quantitative estimate of drug-likeness (QED) is 0.587. The number of para-hydroxylation sites is 5. The summed E-state index contributed by atoms with van der Waals surface area (Å²) >= 11 is 0. The largest absolute Gasteiger partial charge is 0.354 e. The first-order chi connectivity index (χ1) is 10.9. The summed E-state index contributed by atoms with van der Waals surface area (Å²) in [5.41, 5.74) is 5.30. The molecule has 0 radical (unpaired) electrons. The van der Waals surface area contributed by atoms with Gasteiger partial charge < -0.3 is 5.32 Å². The van der Waals surface area contributed by atoms with Crippen molar-refractivity contribution in [1.82, 2.24) is 9.55 Å². The van der Waals surface area contributed by atoms with Gasteiger partial charge in [-0.1, -0.05) is 42.5 Å². The third-order valence-corrected chi connectivity index (χ3v) is 3.67. The molecule has 0 atom stereocenters. The van der Waals surface area contributed by atoms with Crippen LogP contribution >= 0.6 is 0 Å². The van der Waals surface area contributed by atoms with Crippen molar-refractivity contribution in [2.75, 3.05) is 5.32 Å². The molecule has 0 amide bonds. The number of hydrogen-bond donors (Lipinski definition) is 1. The van der Waals surface area contributed by atoms with E-state index in [-0.39, 0.29) is 0 Å². The van der Waals surface area contributed by atoms with Gasteiger partial charge in [0.05, 0.1) is 22.4 Å². The minimum atomic E-state index is 0.997. The number of aromatic nitrogens is 2. The van der Waals surface area contributed by atoms with Gasteiger partial charge in [-0.2, -0.15) is 0 Å². The molecule has 0 unspecified atom stereocenters. The van der Waals surface area contributed by atoms with E-state index in [1.807, 2.05) is 54.9 Å². The maximum absolute atomic E-state index is 4.48. The summed E-state index contributed by atoms with van der Waals surface area (Å²) in [7, 11) is 0. The van der Waals surface area contributed by atoms with E-state index >= 15 is 0 Å². The summed E-state index contributed by atoms with van der Waals surface area (Å²) in [5, 5.41) is 3.48. The Morgan fingerprint density at radius 1 is 0.727 bits per heavy atom. The maximum atomic E-state index is 4.48. The predicted molar refractivity (Wildman–Crippen MR) is 90.8 cm³/mol. The molecule has 0 fully saturated rings. The summed E-state index contributed by atoms with van der Waals surface area (Å²) in [6.45, 7) is 0. The van der Waals surface area contributed by atoms with Crippen LogP contribution in [-0.4, -0.2) is 9.55 Å². The Labute approximate surface area is 128 Å². The van der Waals surface area contributed by atoms with Crippen molar-refractivity contribution in [2.45, 2.75) is 0 Å². The number of nitrogens with one attached hydrogen (secondary N) is 1. The van der Waals surface area contributed by atoms with Crippen molar-refractivity contribution < 1.29 is 0 Å². The molecular formula is C19H15N3. The van der Waals surface area contributed by atoms with Gasteiger partial charge in [-0.25, -0.2) is 4.98 Å². The molecule has 4 aromatic rings. The smallest absolute Gasteiger partial charge is 0.100 e. The Morgan fingerprint density at radius 3 is 2.36 bits per heavy atom. The van der Waals surface area contributed by atoms with Gasteiger partial charge in [0.2, 0.25) is 0 Å². The molecule has 0 spiro atoms. The highest BCUT2D eigenvalue weighted by Crippen LogP contribution is 2.26. The van der Waals surface area contributed by atoms with E-state index in [1.54, 1.807) is 0 Å². The van der Waals surface area contributed by atoms with Gasteiger partial charge >= 0.3 is 0 Å². The van der Waals surface area contributed by atoms with Gasteiger partial charge in [0.15, 0.2) is 0 Å². The fraction of sp³-hybridized carbons (Fsp3) is 0. The van der Waals surface area contributed by atoms with Crippen LogP contribution in [0.2, 0.25) is 0 Å². The van der Waals surface area contributed by atoms with Crippen LogP contribution in [-0.2, 0) is 0 Å². The first kappa shape index (κ1) is 12.7. The summed E-state index contributed by atoms with van der Waals surface area (Å²) in [6, 6.07) is 26.6. The Hall–Kier alpha value is -3.07. The van der Waals surface area contributed by atoms with E-state index < -0.39 is 0 Å². The van der Waals surface area contributed by atoms with E-state index in [0.29, 0.717) is 0 Å². The number of fused-ring (bicyclic) bond motifs is 1. The molecule has 3 nitrogen and oxygen atoms in total. The second-order valence-electron chi connectivity index (χ2n) is 5.11. The summed E-state index contributed by atoms with van der Waals surface area (Å²) in [5.74, 6) is 0. The summed E-state index contributed by atoms with van der Waals surface area (Å²) in [4.78, 5) is 4.48. The first-order valence-electron chi connectivity index (χ1n) is 7.25. The zero-order valence-electron chi connectivity index (χ0n) is 12.0. The van der Waals surface area contributed by atoms with Gasteiger partial charge in [0.25, 0.3) is 0 Å². The monoisotopic (exact) mass is 285 g/mol. The molecule has 22 heavy (non-hydrogen) atoms. The van der Waals surface area contributed by atoms with Crippen molar-refractivity contribution in [3.63, 3.8) is 0 Å². The third-order valence-electron chi connectivity index (χ3n) is 3.67. The second-order valence-corrected chi connectivity index (χ2v) is 5.11. The van der Waals surface area contributed by atoms with Gasteiger partial charge in [-0.05, 0) is 36.4 Å². The minimum Gasteiger partial charge on any atom is -0.354 e. The van der Waals surface area contributed by atoms with E-state index in [2.05, 4.69) is 45.2 Å². The molecule has 1 N–H and O–H groups in total. The normalized spacial score (nSPS) is 10.7. The first-order valence-corrected chi connectivity index (χ1v) is 7.25. The summed E-state index contributed by atoms with van der Waals surface area (Å²) < 4.78 is 2.11. The number of nitrogens with zero attached hydrogens (tertiary/aromatic N) is 2. The lowest BCUT2D eigenvalue weighted by molar-refractivity contribution is 1.09. The molecule has 106 valence electrons. The standard InChI is InChI=1S/C19H15N3/c1-2-8-15(9-3-1)21-17-11-5-7-13-19(17)22-14-20-16-10-4-6-12-18(16)22/h1-14,21H. The lowest BCUT2D eigenvalue weighted by Crippen LogP contribution is -1.99. The summed E-state index contributed by atoms with van der Waals surface area (Å²) in [6.07, 6.45) is 1.87. The van der Waals surface area contributed by atoms with Gasteiger partial charge in [0.1, 0.15) is 6.33 Å². The average Bonchev–Trinajstić information content (AvgIpc) is 3.00. The minimum absolute atomic E-state index is 0.997. The molecule has 1 aromatic heterocycles. The van der Waals surface area contributed by atoms with Crippen LogP contribution < -0.4 is 5.32 Å². The van der Waals surface area contributed by atoms with Gasteiger partial charge in [-0.15, -0.1) is 0 Å². The van der Waals surface area contributed by atoms with Crippen LogP contribution in [0, 0.1) is 0 Å². The second kappa shape index (κ2) is 5.37.